The van der Waals surface area contributed by atoms with Gasteiger partial charge in [0.2, 0.25) is 0 Å². The first-order valence-corrected chi connectivity index (χ1v) is 9.03. The van der Waals surface area contributed by atoms with Crippen LogP contribution in [0.3, 0.4) is 0 Å². The highest BCUT2D eigenvalue weighted by Crippen LogP contribution is 2.39. The lowest BCUT2D eigenvalue weighted by Crippen LogP contribution is -2.34. The number of hydrogen-bond acceptors (Lipinski definition) is 3. The first-order chi connectivity index (χ1) is 12.5. The lowest BCUT2D eigenvalue weighted by Gasteiger charge is -2.27. The van der Waals surface area contributed by atoms with Crippen LogP contribution in [-0.2, 0) is 0 Å². The summed E-state index contributed by atoms with van der Waals surface area (Å²) in [5, 5.41) is 3.79. The molecule has 1 N–H and O–H groups in total. The molecule has 1 atom stereocenters. The van der Waals surface area contributed by atoms with E-state index >= 15 is 0 Å². The number of nitrogens with one attached hydrogen (secondary N) is 1. The Bertz CT molecular complexity index is 813. The van der Waals surface area contributed by atoms with Gasteiger partial charge in [-0.25, -0.2) is 4.79 Å². The molecule has 1 aliphatic rings. The van der Waals surface area contributed by atoms with E-state index in [1.54, 1.807) is 37.3 Å². The molecular weight excluding hydrogens is 375 g/mol. The number of urea groups is 1. The van der Waals surface area contributed by atoms with Gasteiger partial charge in [-0.15, -0.1) is 0 Å². The average Bonchev–Trinajstić information content (AvgIpc) is 3.13. The number of ether oxygens (including phenoxy) is 2. The van der Waals surface area contributed by atoms with Crippen molar-refractivity contribution in [3.8, 4) is 11.5 Å². The molecule has 7 heteroatoms. The van der Waals surface area contributed by atoms with Crippen molar-refractivity contribution in [3.63, 3.8) is 0 Å². The number of carbonyl (C=O) groups is 1. The van der Waals surface area contributed by atoms with E-state index in [2.05, 4.69) is 5.32 Å². The van der Waals surface area contributed by atoms with Crippen LogP contribution < -0.4 is 14.8 Å². The largest absolute Gasteiger partial charge is 0.497 e. The number of carbonyl (C=O) groups excluding carboxylic acids is 1. The number of likely N-dealkylation sites (tertiary alicyclic amines) is 1. The molecule has 3 rings (SSSR count). The Balaban J connectivity index is 1.85. The zero-order chi connectivity index (χ0) is 18.7. The Kier molecular flexibility index (Phi) is 5.79. The Labute approximate surface area is 162 Å². The number of rotatable bonds is 4. The molecule has 0 aliphatic carbocycles. The smallest absolute Gasteiger partial charge is 0.322 e. The molecule has 0 aromatic heterocycles. The zero-order valence-corrected chi connectivity index (χ0v) is 16.1. The van der Waals surface area contributed by atoms with Crippen molar-refractivity contribution in [2.75, 3.05) is 26.1 Å². The second-order valence-corrected chi connectivity index (χ2v) is 6.86. The topological polar surface area (TPSA) is 50.8 Å². The Hall–Kier alpha value is -2.11. The first-order valence-electron chi connectivity index (χ1n) is 8.28. The fourth-order valence-electron chi connectivity index (χ4n) is 3.21. The first kappa shape index (κ1) is 18.7. The van der Waals surface area contributed by atoms with E-state index in [0.717, 1.165) is 29.9 Å². The molecule has 1 unspecified atom stereocenters. The third kappa shape index (κ3) is 3.84. The fourth-order valence-corrected chi connectivity index (χ4v) is 3.67. The molecule has 2 aromatic carbocycles. The van der Waals surface area contributed by atoms with Crippen molar-refractivity contribution < 1.29 is 14.3 Å². The maximum Gasteiger partial charge on any atom is 0.322 e. The molecule has 1 saturated heterocycles. The predicted octanol–water partition coefficient (Wildman–Crippen LogP) is 5.38. The quantitative estimate of drug-likeness (QED) is 0.756. The standard InChI is InChI=1S/C19H20Cl2N2O3/c1-25-13-6-8-18(26-2)14(11-13)17-4-3-9-23(17)19(24)22-16-7-5-12(20)10-15(16)21/h5-8,10-11,17H,3-4,9H2,1-2H3,(H,22,24). The molecule has 1 fully saturated rings. The maximum absolute atomic E-state index is 12.8. The summed E-state index contributed by atoms with van der Waals surface area (Å²) in [6.45, 7) is 0.655. The van der Waals surface area contributed by atoms with Gasteiger partial charge < -0.3 is 19.7 Å². The van der Waals surface area contributed by atoms with E-state index in [-0.39, 0.29) is 12.1 Å². The van der Waals surface area contributed by atoms with Gasteiger partial charge in [-0.05, 0) is 49.2 Å². The summed E-state index contributed by atoms with van der Waals surface area (Å²) in [5.74, 6) is 1.47. The summed E-state index contributed by atoms with van der Waals surface area (Å²) in [6.07, 6.45) is 1.76. The van der Waals surface area contributed by atoms with Crippen LogP contribution in [0, 0.1) is 0 Å². The van der Waals surface area contributed by atoms with Gasteiger partial charge in [-0.1, -0.05) is 23.2 Å². The lowest BCUT2D eigenvalue weighted by molar-refractivity contribution is 0.206. The van der Waals surface area contributed by atoms with Crippen LogP contribution >= 0.6 is 23.2 Å². The minimum Gasteiger partial charge on any atom is -0.497 e. The van der Waals surface area contributed by atoms with Crippen molar-refractivity contribution in [1.82, 2.24) is 4.90 Å². The number of amides is 2. The van der Waals surface area contributed by atoms with E-state index < -0.39 is 0 Å². The summed E-state index contributed by atoms with van der Waals surface area (Å²) < 4.78 is 10.8. The number of nitrogens with zero attached hydrogens (tertiary/aromatic N) is 1. The summed E-state index contributed by atoms with van der Waals surface area (Å²) in [4.78, 5) is 14.6. The predicted molar refractivity (Wildman–Crippen MR) is 104 cm³/mol. The van der Waals surface area contributed by atoms with Crippen LogP contribution in [0.15, 0.2) is 36.4 Å². The summed E-state index contributed by atoms with van der Waals surface area (Å²) in [6, 6.07) is 10.3. The van der Waals surface area contributed by atoms with E-state index in [4.69, 9.17) is 32.7 Å². The van der Waals surface area contributed by atoms with Gasteiger partial charge in [-0.2, -0.15) is 0 Å². The fraction of sp³-hybridized carbons (Fsp3) is 0.316. The van der Waals surface area contributed by atoms with Gasteiger partial charge in [0, 0.05) is 17.1 Å². The van der Waals surface area contributed by atoms with E-state index in [1.807, 2.05) is 18.2 Å². The number of hydrogen-bond donors (Lipinski definition) is 1. The monoisotopic (exact) mass is 394 g/mol. The van der Waals surface area contributed by atoms with Gasteiger partial charge >= 0.3 is 6.03 Å². The lowest BCUT2D eigenvalue weighted by atomic mass is 10.0. The molecule has 2 amide bonds. The van der Waals surface area contributed by atoms with E-state index in [9.17, 15) is 4.79 Å². The summed E-state index contributed by atoms with van der Waals surface area (Å²) in [7, 11) is 3.24. The van der Waals surface area contributed by atoms with Crippen molar-refractivity contribution >= 4 is 34.9 Å². The molecule has 26 heavy (non-hydrogen) atoms. The second kappa shape index (κ2) is 8.06. The van der Waals surface area contributed by atoms with Gasteiger partial charge in [0.05, 0.1) is 31.0 Å². The molecule has 0 radical (unpaired) electrons. The highest BCUT2D eigenvalue weighted by atomic mass is 35.5. The average molecular weight is 395 g/mol. The number of anilines is 1. The van der Waals surface area contributed by atoms with Crippen LogP contribution in [-0.4, -0.2) is 31.7 Å². The van der Waals surface area contributed by atoms with E-state index in [1.165, 1.54) is 0 Å². The molecule has 0 saturated carbocycles. The second-order valence-electron chi connectivity index (χ2n) is 6.01. The molecule has 1 aliphatic heterocycles. The van der Waals surface area contributed by atoms with Gasteiger partial charge in [-0.3, -0.25) is 0 Å². The molecule has 0 spiro atoms. The van der Waals surface area contributed by atoms with Crippen LogP contribution in [0.25, 0.3) is 0 Å². The molecule has 0 bridgehead atoms. The SMILES string of the molecule is COc1ccc(OC)c(C2CCCN2C(=O)Nc2ccc(Cl)cc2Cl)c1. The third-order valence-electron chi connectivity index (χ3n) is 4.48. The van der Waals surface area contributed by atoms with E-state index in [0.29, 0.717) is 22.3 Å². The van der Waals surface area contributed by atoms with Gasteiger partial charge in [0.25, 0.3) is 0 Å². The van der Waals surface area contributed by atoms with Gasteiger partial charge in [0.1, 0.15) is 11.5 Å². The summed E-state index contributed by atoms with van der Waals surface area (Å²) >= 11 is 12.1. The zero-order valence-electron chi connectivity index (χ0n) is 14.6. The molecule has 1 heterocycles. The Morgan fingerprint density at radius 3 is 2.65 bits per heavy atom. The molecule has 5 nitrogen and oxygen atoms in total. The van der Waals surface area contributed by atoms with Crippen molar-refractivity contribution in [1.29, 1.82) is 0 Å². The van der Waals surface area contributed by atoms with Gasteiger partial charge in [0.15, 0.2) is 0 Å². The van der Waals surface area contributed by atoms with Crippen LogP contribution in [0.2, 0.25) is 10.0 Å². The third-order valence-corrected chi connectivity index (χ3v) is 5.03. The number of halogens is 2. The van der Waals surface area contributed by atoms with Crippen molar-refractivity contribution in [2.45, 2.75) is 18.9 Å². The van der Waals surface area contributed by atoms with Crippen LogP contribution in [0.5, 0.6) is 11.5 Å². The normalized spacial score (nSPS) is 16.5. The highest BCUT2D eigenvalue weighted by Gasteiger charge is 2.32. The van der Waals surface area contributed by atoms with Crippen LogP contribution in [0.4, 0.5) is 10.5 Å². The minimum atomic E-state index is -0.207. The Morgan fingerprint density at radius 1 is 1.15 bits per heavy atom. The number of methoxy groups -OCH3 is 2. The molecular formula is C19H20Cl2N2O3. The molecule has 2 aromatic rings. The minimum absolute atomic E-state index is 0.0916. The number of benzene rings is 2. The van der Waals surface area contributed by atoms with Crippen molar-refractivity contribution in [3.05, 3.63) is 52.0 Å². The Morgan fingerprint density at radius 2 is 1.96 bits per heavy atom. The maximum atomic E-state index is 12.8. The summed E-state index contributed by atoms with van der Waals surface area (Å²) in [5.41, 5.74) is 1.46. The highest BCUT2D eigenvalue weighted by molar-refractivity contribution is 6.36. The molecule has 138 valence electrons. The van der Waals surface area contributed by atoms with Crippen molar-refractivity contribution in [2.24, 2.45) is 0 Å². The van der Waals surface area contributed by atoms with Crippen LogP contribution in [0.1, 0.15) is 24.4 Å².